The summed E-state index contributed by atoms with van der Waals surface area (Å²) in [7, 11) is 0. The van der Waals surface area contributed by atoms with Crippen LogP contribution in [0.4, 0.5) is 0 Å². The Labute approximate surface area is 152 Å². The van der Waals surface area contributed by atoms with E-state index < -0.39 is 0 Å². The molecule has 1 fully saturated rings. The van der Waals surface area contributed by atoms with Gasteiger partial charge in [-0.25, -0.2) is 4.68 Å². The molecule has 0 amide bonds. The largest absolute Gasteiger partial charge is 0.394 e. The summed E-state index contributed by atoms with van der Waals surface area (Å²) in [6, 6.07) is 20.1. The summed E-state index contributed by atoms with van der Waals surface area (Å²) in [5, 5.41) is 18.4. The molecule has 0 saturated carbocycles. The van der Waals surface area contributed by atoms with E-state index in [0.717, 1.165) is 23.5 Å². The van der Waals surface area contributed by atoms with Crippen molar-refractivity contribution < 1.29 is 9.84 Å². The normalized spacial score (nSPS) is 21.0. The molecule has 1 saturated heterocycles. The van der Waals surface area contributed by atoms with E-state index in [1.807, 2.05) is 54.7 Å². The van der Waals surface area contributed by atoms with Crippen molar-refractivity contribution in [1.29, 1.82) is 0 Å². The third-order valence-corrected chi connectivity index (χ3v) is 4.70. The maximum Gasteiger partial charge on any atom is 0.100 e. The maximum absolute atomic E-state index is 9.78. The Kier molecular flexibility index (Phi) is 5.06. The lowest BCUT2D eigenvalue weighted by atomic mass is 9.98. The zero-order chi connectivity index (χ0) is 17.8. The van der Waals surface area contributed by atoms with Gasteiger partial charge in [0.2, 0.25) is 0 Å². The lowest BCUT2D eigenvalue weighted by Gasteiger charge is -2.40. The average Bonchev–Trinajstić information content (AvgIpc) is 3.17. The third-order valence-electron chi connectivity index (χ3n) is 4.70. The first kappa shape index (κ1) is 16.9. The lowest BCUT2D eigenvalue weighted by Crippen LogP contribution is -2.46. The van der Waals surface area contributed by atoms with E-state index in [4.69, 9.17) is 4.74 Å². The lowest BCUT2D eigenvalue weighted by molar-refractivity contribution is -0.0963. The number of aromatic nitrogens is 3. The summed E-state index contributed by atoms with van der Waals surface area (Å²) in [4.78, 5) is 2.30. The molecular formula is C20H22N4O2. The van der Waals surface area contributed by atoms with E-state index in [9.17, 15) is 5.11 Å². The Morgan fingerprint density at radius 1 is 1.04 bits per heavy atom. The van der Waals surface area contributed by atoms with Gasteiger partial charge in [-0.1, -0.05) is 53.7 Å². The van der Waals surface area contributed by atoms with Crippen LogP contribution in [-0.4, -0.2) is 50.9 Å². The highest BCUT2D eigenvalue weighted by Gasteiger charge is 2.33. The molecule has 0 radical (unpaired) electrons. The smallest absolute Gasteiger partial charge is 0.100 e. The van der Waals surface area contributed by atoms with E-state index >= 15 is 0 Å². The first-order chi connectivity index (χ1) is 12.8. The van der Waals surface area contributed by atoms with Gasteiger partial charge in [0.15, 0.2) is 0 Å². The molecule has 134 valence electrons. The Bertz CT molecular complexity index is 822. The molecule has 0 unspecified atom stereocenters. The number of hydrogen-bond donors (Lipinski definition) is 1. The summed E-state index contributed by atoms with van der Waals surface area (Å²) >= 11 is 0. The molecule has 1 aliphatic rings. The van der Waals surface area contributed by atoms with Crippen molar-refractivity contribution in [2.75, 3.05) is 19.8 Å². The maximum atomic E-state index is 9.78. The van der Waals surface area contributed by atoms with Crippen LogP contribution in [0.25, 0.3) is 5.69 Å². The van der Waals surface area contributed by atoms with Crippen molar-refractivity contribution in [2.24, 2.45) is 0 Å². The Balaban J connectivity index is 1.57. The van der Waals surface area contributed by atoms with Crippen LogP contribution in [0.2, 0.25) is 0 Å². The van der Waals surface area contributed by atoms with Gasteiger partial charge in [-0.2, -0.15) is 0 Å². The fourth-order valence-corrected chi connectivity index (χ4v) is 3.48. The van der Waals surface area contributed by atoms with Crippen LogP contribution in [0.5, 0.6) is 0 Å². The van der Waals surface area contributed by atoms with E-state index in [0.29, 0.717) is 13.2 Å². The van der Waals surface area contributed by atoms with Crippen molar-refractivity contribution >= 4 is 0 Å². The molecular weight excluding hydrogens is 328 g/mol. The van der Waals surface area contributed by atoms with Gasteiger partial charge >= 0.3 is 0 Å². The number of para-hydroxylation sites is 1. The molecule has 0 aliphatic carbocycles. The molecule has 1 aliphatic heterocycles. The molecule has 3 aromatic rings. The second kappa shape index (κ2) is 7.78. The predicted octanol–water partition coefficient (Wildman–Crippen LogP) is 2.20. The van der Waals surface area contributed by atoms with Crippen LogP contribution in [-0.2, 0) is 11.3 Å². The minimum absolute atomic E-state index is 0.00294. The summed E-state index contributed by atoms with van der Waals surface area (Å²) in [5.74, 6) is 0. The summed E-state index contributed by atoms with van der Waals surface area (Å²) in [5.41, 5.74) is 3.02. The number of ether oxygens (including phenoxy) is 1. The van der Waals surface area contributed by atoms with Gasteiger partial charge in [0.1, 0.15) is 6.10 Å². The minimum atomic E-state index is -0.240. The first-order valence-electron chi connectivity index (χ1n) is 8.83. The van der Waals surface area contributed by atoms with E-state index in [1.165, 1.54) is 0 Å². The quantitative estimate of drug-likeness (QED) is 0.764. The van der Waals surface area contributed by atoms with Gasteiger partial charge in [-0.15, -0.1) is 5.10 Å². The van der Waals surface area contributed by atoms with Crippen LogP contribution in [0.3, 0.4) is 0 Å². The monoisotopic (exact) mass is 350 g/mol. The molecule has 0 spiro atoms. The SMILES string of the molecule is OC[C@@H]1OCCN(Cc2cn(-c3ccccc3)nn2)[C@H]1c1ccccc1. The Morgan fingerprint density at radius 3 is 2.50 bits per heavy atom. The van der Waals surface area contributed by atoms with Gasteiger partial charge in [0, 0.05) is 13.1 Å². The summed E-state index contributed by atoms with van der Waals surface area (Å²) in [6.07, 6.45) is 1.72. The number of nitrogens with zero attached hydrogens (tertiary/aromatic N) is 4. The van der Waals surface area contributed by atoms with Crippen molar-refractivity contribution in [1.82, 2.24) is 19.9 Å². The van der Waals surface area contributed by atoms with Crippen LogP contribution < -0.4 is 0 Å². The number of rotatable bonds is 5. The zero-order valence-electron chi connectivity index (χ0n) is 14.5. The summed E-state index contributed by atoms with van der Waals surface area (Å²) in [6.45, 7) is 2.04. The van der Waals surface area contributed by atoms with Gasteiger partial charge in [-0.3, -0.25) is 4.90 Å². The fraction of sp³-hybridized carbons (Fsp3) is 0.300. The standard InChI is InChI=1S/C20H22N4O2/c25-15-19-20(16-7-3-1-4-8-16)23(11-12-26-19)13-17-14-24(22-21-17)18-9-5-2-6-10-18/h1-10,14,19-20,25H,11-13,15H2/t19-,20-/m0/s1. The molecule has 2 heterocycles. The topological polar surface area (TPSA) is 63.4 Å². The fourth-order valence-electron chi connectivity index (χ4n) is 3.48. The first-order valence-corrected chi connectivity index (χ1v) is 8.83. The number of morpholine rings is 1. The zero-order valence-corrected chi connectivity index (χ0v) is 14.5. The minimum Gasteiger partial charge on any atom is -0.394 e. The van der Waals surface area contributed by atoms with Crippen molar-refractivity contribution in [2.45, 2.75) is 18.7 Å². The highest BCUT2D eigenvalue weighted by molar-refractivity contribution is 5.30. The van der Waals surface area contributed by atoms with Crippen molar-refractivity contribution in [3.8, 4) is 5.69 Å². The molecule has 26 heavy (non-hydrogen) atoms. The van der Waals surface area contributed by atoms with Gasteiger partial charge in [0.05, 0.1) is 36.8 Å². The molecule has 2 aromatic carbocycles. The average molecular weight is 350 g/mol. The molecule has 4 rings (SSSR count). The molecule has 6 nitrogen and oxygen atoms in total. The van der Waals surface area contributed by atoms with Crippen LogP contribution in [0, 0.1) is 0 Å². The van der Waals surface area contributed by atoms with Crippen molar-refractivity contribution in [3.63, 3.8) is 0 Å². The number of hydrogen-bond acceptors (Lipinski definition) is 5. The van der Waals surface area contributed by atoms with Crippen molar-refractivity contribution in [3.05, 3.63) is 78.1 Å². The second-order valence-electron chi connectivity index (χ2n) is 6.41. The predicted molar refractivity (Wildman–Crippen MR) is 97.8 cm³/mol. The van der Waals surface area contributed by atoms with E-state index in [2.05, 4.69) is 27.3 Å². The summed E-state index contributed by atoms with van der Waals surface area (Å²) < 4.78 is 7.59. The molecule has 1 N–H and O–H groups in total. The number of aliphatic hydroxyl groups is 1. The van der Waals surface area contributed by atoms with Gasteiger partial charge in [0.25, 0.3) is 0 Å². The van der Waals surface area contributed by atoms with Crippen LogP contribution in [0.15, 0.2) is 66.9 Å². The molecule has 0 bridgehead atoms. The van der Waals surface area contributed by atoms with E-state index in [-0.39, 0.29) is 18.8 Å². The number of aliphatic hydroxyl groups excluding tert-OH is 1. The van der Waals surface area contributed by atoms with Crippen LogP contribution in [0.1, 0.15) is 17.3 Å². The van der Waals surface area contributed by atoms with E-state index in [1.54, 1.807) is 4.68 Å². The van der Waals surface area contributed by atoms with Crippen LogP contribution >= 0.6 is 0 Å². The Hall–Kier alpha value is -2.54. The molecule has 1 aromatic heterocycles. The van der Waals surface area contributed by atoms with Gasteiger partial charge in [-0.05, 0) is 17.7 Å². The number of benzene rings is 2. The molecule has 6 heteroatoms. The third kappa shape index (κ3) is 3.53. The Morgan fingerprint density at radius 2 is 1.77 bits per heavy atom. The second-order valence-corrected chi connectivity index (χ2v) is 6.41. The van der Waals surface area contributed by atoms with Gasteiger partial charge < -0.3 is 9.84 Å². The molecule has 2 atom stereocenters. The highest BCUT2D eigenvalue weighted by Crippen LogP contribution is 2.30. The highest BCUT2D eigenvalue weighted by atomic mass is 16.5.